The van der Waals surface area contributed by atoms with Gasteiger partial charge < -0.3 is 10.4 Å². The first kappa shape index (κ1) is 13.1. The lowest BCUT2D eigenvalue weighted by Crippen LogP contribution is -2.35. The summed E-state index contributed by atoms with van der Waals surface area (Å²) in [7, 11) is 0. The Morgan fingerprint density at radius 2 is 1.89 bits per heavy atom. The van der Waals surface area contributed by atoms with E-state index in [-0.39, 0.29) is 6.10 Å². The topological polar surface area (TPSA) is 32.3 Å². The van der Waals surface area contributed by atoms with Gasteiger partial charge in [-0.3, -0.25) is 0 Å². The first-order chi connectivity index (χ1) is 9.34. The normalized spacial score (nSPS) is 30.3. The molecule has 104 valence electrons. The van der Waals surface area contributed by atoms with Crippen LogP contribution in [0.15, 0.2) is 24.3 Å². The minimum Gasteiger partial charge on any atom is -0.393 e. The van der Waals surface area contributed by atoms with Gasteiger partial charge in [0, 0.05) is 13.1 Å². The lowest BCUT2D eigenvalue weighted by Gasteiger charge is -2.28. The van der Waals surface area contributed by atoms with E-state index in [2.05, 4.69) is 29.6 Å². The van der Waals surface area contributed by atoms with Gasteiger partial charge in [-0.2, -0.15) is 0 Å². The van der Waals surface area contributed by atoms with Crippen molar-refractivity contribution in [2.24, 2.45) is 5.92 Å². The summed E-state index contributed by atoms with van der Waals surface area (Å²) in [5, 5.41) is 13.6. The maximum absolute atomic E-state index is 9.98. The van der Waals surface area contributed by atoms with E-state index in [0.29, 0.717) is 11.8 Å². The van der Waals surface area contributed by atoms with E-state index in [9.17, 15) is 5.11 Å². The van der Waals surface area contributed by atoms with Crippen molar-refractivity contribution in [2.45, 2.75) is 50.5 Å². The fraction of sp³-hybridized carbons (Fsp3) is 0.647. The molecule has 0 radical (unpaired) electrons. The summed E-state index contributed by atoms with van der Waals surface area (Å²) in [5.74, 6) is 1.15. The number of fused-ring (bicyclic) bond motifs is 1. The van der Waals surface area contributed by atoms with Crippen LogP contribution in [0.25, 0.3) is 0 Å². The molecule has 0 aliphatic heterocycles. The van der Waals surface area contributed by atoms with Crippen LogP contribution in [0.5, 0.6) is 0 Å². The van der Waals surface area contributed by atoms with Crippen LogP contribution in [-0.2, 0) is 6.42 Å². The first-order valence-corrected chi connectivity index (χ1v) is 7.81. The summed E-state index contributed by atoms with van der Waals surface area (Å²) in [4.78, 5) is 0. The highest BCUT2D eigenvalue weighted by Crippen LogP contribution is 2.32. The van der Waals surface area contributed by atoms with E-state index < -0.39 is 0 Å². The third-order valence-electron chi connectivity index (χ3n) is 4.92. The summed E-state index contributed by atoms with van der Waals surface area (Å²) in [5.41, 5.74) is 3.08. The lowest BCUT2D eigenvalue weighted by atomic mass is 9.86. The second-order valence-electron chi connectivity index (χ2n) is 6.20. The molecule has 2 heteroatoms. The quantitative estimate of drug-likeness (QED) is 0.871. The fourth-order valence-electron chi connectivity index (χ4n) is 3.73. The van der Waals surface area contributed by atoms with Crippen molar-refractivity contribution in [1.82, 2.24) is 5.32 Å². The van der Waals surface area contributed by atoms with E-state index >= 15 is 0 Å². The van der Waals surface area contributed by atoms with E-state index in [4.69, 9.17) is 0 Å². The van der Waals surface area contributed by atoms with Gasteiger partial charge in [-0.15, -0.1) is 0 Å². The van der Waals surface area contributed by atoms with Crippen LogP contribution in [0.3, 0.4) is 0 Å². The van der Waals surface area contributed by atoms with Crippen molar-refractivity contribution < 1.29 is 5.11 Å². The first-order valence-electron chi connectivity index (χ1n) is 7.81. The molecule has 1 saturated carbocycles. The molecule has 2 aliphatic carbocycles. The van der Waals surface area contributed by atoms with Crippen LogP contribution >= 0.6 is 0 Å². The third-order valence-corrected chi connectivity index (χ3v) is 4.92. The molecule has 1 aromatic rings. The van der Waals surface area contributed by atoms with Crippen molar-refractivity contribution >= 4 is 0 Å². The average molecular weight is 259 g/mol. The molecule has 0 bridgehead atoms. The van der Waals surface area contributed by atoms with Crippen molar-refractivity contribution in [3.63, 3.8) is 0 Å². The number of nitrogens with one attached hydrogen (secondary N) is 1. The summed E-state index contributed by atoms with van der Waals surface area (Å²) in [6.07, 6.45) is 7.11. The molecule has 3 atom stereocenters. The molecule has 0 amide bonds. The second kappa shape index (κ2) is 6.06. The molecule has 1 fully saturated rings. The molecule has 0 heterocycles. The van der Waals surface area contributed by atoms with E-state index in [0.717, 1.165) is 19.5 Å². The Labute approximate surface area is 116 Å². The molecule has 19 heavy (non-hydrogen) atoms. The molecule has 0 saturated heterocycles. The standard InChI is InChI=1S/C17H25NO/c19-17-8-4-2-6-15(17)12-18-11-14-10-9-13-5-1-3-7-16(13)14/h1,3,5,7,14-15,17-19H,2,4,6,8-12H2/t14?,15-,17+/m0/s1. The van der Waals surface area contributed by atoms with Crippen molar-refractivity contribution in [1.29, 1.82) is 0 Å². The second-order valence-corrected chi connectivity index (χ2v) is 6.20. The van der Waals surface area contributed by atoms with Crippen LogP contribution in [-0.4, -0.2) is 24.3 Å². The highest BCUT2D eigenvalue weighted by Gasteiger charge is 2.24. The largest absolute Gasteiger partial charge is 0.393 e. The van der Waals surface area contributed by atoms with Crippen LogP contribution in [0.2, 0.25) is 0 Å². The van der Waals surface area contributed by atoms with E-state index in [1.54, 1.807) is 5.56 Å². The van der Waals surface area contributed by atoms with Crippen molar-refractivity contribution in [3.8, 4) is 0 Å². The molecule has 0 spiro atoms. The monoisotopic (exact) mass is 259 g/mol. The molecule has 2 aliphatic rings. The summed E-state index contributed by atoms with van der Waals surface area (Å²) >= 11 is 0. The van der Waals surface area contributed by atoms with Gasteiger partial charge in [0.25, 0.3) is 0 Å². The van der Waals surface area contributed by atoms with Gasteiger partial charge in [0.2, 0.25) is 0 Å². The zero-order valence-corrected chi connectivity index (χ0v) is 11.6. The average Bonchev–Trinajstić information content (AvgIpc) is 2.85. The van der Waals surface area contributed by atoms with E-state index in [1.165, 1.54) is 37.7 Å². The molecule has 2 nitrogen and oxygen atoms in total. The number of benzene rings is 1. The smallest absolute Gasteiger partial charge is 0.0580 e. The molecule has 1 unspecified atom stereocenters. The zero-order valence-electron chi connectivity index (χ0n) is 11.6. The Hall–Kier alpha value is -0.860. The molecule has 3 rings (SSSR count). The summed E-state index contributed by atoms with van der Waals surface area (Å²) in [6, 6.07) is 8.85. The van der Waals surface area contributed by atoms with Crippen molar-refractivity contribution in [3.05, 3.63) is 35.4 Å². The SMILES string of the molecule is O[C@@H]1CCCC[C@H]1CNCC1CCc2ccccc21. The fourth-order valence-corrected chi connectivity index (χ4v) is 3.73. The van der Waals surface area contributed by atoms with Gasteiger partial charge in [0.05, 0.1) is 6.10 Å². The zero-order chi connectivity index (χ0) is 13.1. The highest BCUT2D eigenvalue weighted by molar-refractivity contribution is 5.34. The Balaban J connectivity index is 1.48. The summed E-state index contributed by atoms with van der Waals surface area (Å²) in [6.45, 7) is 2.06. The van der Waals surface area contributed by atoms with Gasteiger partial charge >= 0.3 is 0 Å². The number of aryl methyl sites for hydroxylation is 1. The minimum atomic E-state index is -0.0721. The summed E-state index contributed by atoms with van der Waals surface area (Å²) < 4.78 is 0. The predicted octanol–water partition coefficient (Wildman–Crippen LogP) is 2.86. The van der Waals surface area contributed by atoms with Gasteiger partial charge in [0.1, 0.15) is 0 Å². The Kier molecular flexibility index (Phi) is 4.19. The van der Waals surface area contributed by atoms with Gasteiger partial charge in [-0.25, -0.2) is 0 Å². The van der Waals surface area contributed by atoms with Crippen LogP contribution in [0, 0.1) is 5.92 Å². The Morgan fingerprint density at radius 1 is 1.05 bits per heavy atom. The highest BCUT2D eigenvalue weighted by atomic mass is 16.3. The van der Waals surface area contributed by atoms with Crippen LogP contribution in [0.1, 0.15) is 49.1 Å². The van der Waals surface area contributed by atoms with Crippen molar-refractivity contribution in [2.75, 3.05) is 13.1 Å². The Morgan fingerprint density at radius 3 is 2.79 bits per heavy atom. The molecule has 2 N–H and O–H groups in total. The minimum absolute atomic E-state index is 0.0721. The molecule has 1 aromatic carbocycles. The number of aliphatic hydroxyl groups excluding tert-OH is 1. The van der Waals surface area contributed by atoms with Crippen LogP contribution < -0.4 is 5.32 Å². The Bertz CT molecular complexity index is 417. The van der Waals surface area contributed by atoms with Gasteiger partial charge in [-0.05, 0) is 48.6 Å². The molecular weight excluding hydrogens is 234 g/mol. The maximum Gasteiger partial charge on any atom is 0.0580 e. The maximum atomic E-state index is 9.98. The third kappa shape index (κ3) is 3.01. The van der Waals surface area contributed by atoms with E-state index in [1.807, 2.05) is 0 Å². The lowest BCUT2D eigenvalue weighted by molar-refractivity contribution is 0.0695. The number of hydrogen-bond donors (Lipinski definition) is 2. The van der Waals surface area contributed by atoms with Gasteiger partial charge in [0.15, 0.2) is 0 Å². The number of aliphatic hydroxyl groups is 1. The molecule has 0 aromatic heterocycles. The predicted molar refractivity (Wildman–Crippen MR) is 78.3 cm³/mol. The molecular formula is C17H25NO. The van der Waals surface area contributed by atoms with Gasteiger partial charge in [-0.1, -0.05) is 37.1 Å². The van der Waals surface area contributed by atoms with Crippen LogP contribution in [0.4, 0.5) is 0 Å². The number of hydrogen-bond acceptors (Lipinski definition) is 2. The number of rotatable bonds is 4.